The molecule has 8 heteroatoms. The molecule has 2 aliphatic heterocycles. The van der Waals surface area contributed by atoms with Gasteiger partial charge in [-0.05, 0) is 42.7 Å². The Morgan fingerprint density at radius 3 is 2.53 bits per heavy atom. The van der Waals surface area contributed by atoms with Crippen LogP contribution in [-0.4, -0.2) is 72.4 Å². The van der Waals surface area contributed by atoms with Gasteiger partial charge in [0, 0.05) is 51.0 Å². The number of amides is 1. The van der Waals surface area contributed by atoms with E-state index in [9.17, 15) is 4.79 Å². The Hall–Kier alpha value is -2.55. The van der Waals surface area contributed by atoms with Crippen molar-refractivity contribution in [3.8, 4) is 0 Å². The lowest BCUT2D eigenvalue weighted by atomic mass is 9.87. The van der Waals surface area contributed by atoms with Crippen LogP contribution in [0, 0.1) is 6.92 Å². The molecule has 2 N–H and O–H groups in total. The van der Waals surface area contributed by atoms with Crippen LogP contribution < -0.4 is 10.6 Å². The fourth-order valence-corrected chi connectivity index (χ4v) is 4.99. The molecular weight excluding hydrogens is 454 g/mol. The Morgan fingerprint density at radius 2 is 1.86 bits per heavy atom. The molecule has 3 heterocycles. The Balaban J connectivity index is 1.32. The molecule has 4 rings (SSSR count). The SMILES string of the molecule is CO[C@@H]1COCC[C@H]1NC1CCN(C(=O)c2ncnc(NCc3ccc(C(C)(C)C)cc3)c2C)CC1. The molecular formula is C28H41N5O3. The van der Waals surface area contributed by atoms with E-state index in [1.807, 2.05) is 11.8 Å². The van der Waals surface area contributed by atoms with Gasteiger partial charge in [0.1, 0.15) is 17.8 Å². The van der Waals surface area contributed by atoms with Crippen LogP contribution in [0.15, 0.2) is 30.6 Å². The van der Waals surface area contributed by atoms with Crippen LogP contribution in [0.25, 0.3) is 0 Å². The molecule has 1 amide bonds. The van der Waals surface area contributed by atoms with Gasteiger partial charge in [-0.25, -0.2) is 9.97 Å². The van der Waals surface area contributed by atoms with Crippen molar-refractivity contribution in [2.24, 2.45) is 0 Å². The number of hydrogen-bond donors (Lipinski definition) is 2. The number of anilines is 1. The van der Waals surface area contributed by atoms with E-state index in [4.69, 9.17) is 9.47 Å². The van der Waals surface area contributed by atoms with Gasteiger partial charge in [0.25, 0.3) is 5.91 Å². The lowest BCUT2D eigenvalue weighted by Crippen LogP contribution is -2.54. The number of nitrogens with zero attached hydrogens (tertiary/aromatic N) is 3. The lowest BCUT2D eigenvalue weighted by molar-refractivity contribution is -0.0533. The number of rotatable bonds is 7. The summed E-state index contributed by atoms with van der Waals surface area (Å²) in [5, 5.41) is 7.14. The van der Waals surface area contributed by atoms with E-state index in [2.05, 4.69) is 65.6 Å². The molecule has 0 saturated carbocycles. The van der Waals surface area contributed by atoms with Gasteiger partial charge in [-0.1, -0.05) is 45.0 Å². The number of hydrogen-bond acceptors (Lipinski definition) is 7. The molecule has 2 atom stereocenters. The third-order valence-corrected chi connectivity index (χ3v) is 7.41. The van der Waals surface area contributed by atoms with Crippen LogP contribution in [0.1, 0.15) is 67.2 Å². The van der Waals surface area contributed by atoms with Crippen molar-refractivity contribution in [1.29, 1.82) is 0 Å². The zero-order valence-electron chi connectivity index (χ0n) is 22.3. The molecule has 0 bridgehead atoms. The molecule has 0 spiro atoms. The second-order valence-electron chi connectivity index (χ2n) is 11.0. The highest BCUT2D eigenvalue weighted by molar-refractivity contribution is 5.94. The smallest absolute Gasteiger partial charge is 0.272 e. The van der Waals surface area contributed by atoms with Crippen LogP contribution in [-0.2, 0) is 21.4 Å². The average Bonchev–Trinajstić information content (AvgIpc) is 2.88. The van der Waals surface area contributed by atoms with Crippen LogP contribution >= 0.6 is 0 Å². The highest BCUT2D eigenvalue weighted by atomic mass is 16.5. The number of nitrogens with one attached hydrogen (secondary N) is 2. The summed E-state index contributed by atoms with van der Waals surface area (Å²) in [5.41, 5.74) is 3.88. The molecule has 0 aliphatic carbocycles. The van der Waals surface area contributed by atoms with Crippen LogP contribution in [0.3, 0.4) is 0 Å². The van der Waals surface area contributed by atoms with Crippen molar-refractivity contribution in [3.63, 3.8) is 0 Å². The second-order valence-corrected chi connectivity index (χ2v) is 11.0. The molecule has 2 aliphatic rings. The minimum Gasteiger partial charge on any atom is -0.379 e. The van der Waals surface area contributed by atoms with Gasteiger partial charge in [0.2, 0.25) is 0 Å². The molecule has 2 aromatic rings. The third-order valence-electron chi connectivity index (χ3n) is 7.41. The molecule has 36 heavy (non-hydrogen) atoms. The summed E-state index contributed by atoms with van der Waals surface area (Å²) < 4.78 is 11.1. The van der Waals surface area contributed by atoms with Crippen LogP contribution in [0.2, 0.25) is 0 Å². The number of carbonyl (C=O) groups is 1. The Kier molecular flexibility index (Phi) is 8.59. The number of piperidine rings is 1. The zero-order chi connectivity index (χ0) is 25.7. The highest BCUT2D eigenvalue weighted by Gasteiger charge is 2.31. The maximum Gasteiger partial charge on any atom is 0.272 e. The largest absolute Gasteiger partial charge is 0.379 e. The van der Waals surface area contributed by atoms with Gasteiger partial charge in [-0.15, -0.1) is 0 Å². The maximum absolute atomic E-state index is 13.3. The van der Waals surface area contributed by atoms with Crippen molar-refractivity contribution < 1.29 is 14.3 Å². The molecule has 8 nitrogen and oxygen atoms in total. The standard InChI is InChI=1S/C28H41N5O3/c1-19-25(30-18-31-26(19)29-16-20-6-8-21(9-7-20)28(2,3)4)27(34)33-13-10-22(11-14-33)32-23-12-15-36-17-24(23)35-5/h6-9,18,22-24,32H,10-17H2,1-5H3,(H,29,30,31)/t23-,24-/m1/s1. The summed E-state index contributed by atoms with van der Waals surface area (Å²) in [6.45, 7) is 12.0. The summed E-state index contributed by atoms with van der Waals surface area (Å²) in [6, 6.07) is 9.32. The van der Waals surface area contributed by atoms with E-state index < -0.39 is 0 Å². The fourth-order valence-electron chi connectivity index (χ4n) is 4.99. The van der Waals surface area contributed by atoms with Crippen molar-refractivity contribution in [2.75, 3.05) is 38.7 Å². The number of methoxy groups -OCH3 is 1. The summed E-state index contributed by atoms with van der Waals surface area (Å²) in [6.07, 6.45) is 4.35. The quantitative estimate of drug-likeness (QED) is 0.606. The first-order chi connectivity index (χ1) is 17.3. The predicted octanol–water partition coefficient (Wildman–Crippen LogP) is 3.69. The third kappa shape index (κ3) is 6.41. The molecule has 2 saturated heterocycles. The van der Waals surface area contributed by atoms with Crippen molar-refractivity contribution >= 4 is 11.7 Å². The van der Waals surface area contributed by atoms with Crippen molar-refractivity contribution in [2.45, 2.75) is 77.1 Å². The summed E-state index contributed by atoms with van der Waals surface area (Å²) in [4.78, 5) is 24.0. The summed E-state index contributed by atoms with van der Waals surface area (Å²) in [5.74, 6) is 0.682. The molecule has 0 unspecified atom stereocenters. The Labute approximate surface area is 215 Å². The first-order valence-corrected chi connectivity index (χ1v) is 13.1. The predicted molar refractivity (Wildman–Crippen MR) is 141 cm³/mol. The number of likely N-dealkylation sites (tertiary alicyclic amines) is 1. The molecule has 0 radical (unpaired) electrons. The second kappa shape index (κ2) is 11.7. The number of benzene rings is 1. The van der Waals surface area contributed by atoms with Gasteiger partial charge in [0.05, 0.1) is 12.7 Å². The van der Waals surface area contributed by atoms with Crippen LogP contribution in [0.5, 0.6) is 0 Å². The average molecular weight is 496 g/mol. The summed E-state index contributed by atoms with van der Waals surface area (Å²) >= 11 is 0. The van der Waals surface area contributed by atoms with Gasteiger partial charge in [-0.2, -0.15) is 0 Å². The van der Waals surface area contributed by atoms with E-state index in [0.717, 1.165) is 31.4 Å². The first kappa shape index (κ1) is 26.5. The molecule has 2 fully saturated rings. The molecule has 1 aromatic carbocycles. The minimum absolute atomic E-state index is 0.0215. The summed E-state index contributed by atoms with van der Waals surface area (Å²) in [7, 11) is 1.74. The van der Waals surface area contributed by atoms with E-state index >= 15 is 0 Å². The number of aromatic nitrogens is 2. The first-order valence-electron chi connectivity index (χ1n) is 13.1. The van der Waals surface area contributed by atoms with E-state index in [0.29, 0.717) is 49.8 Å². The Morgan fingerprint density at radius 1 is 1.14 bits per heavy atom. The maximum atomic E-state index is 13.3. The van der Waals surface area contributed by atoms with Gasteiger partial charge < -0.3 is 25.0 Å². The highest BCUT2D eigenvalue weighted by Crippen LogP contribution is 2.23. The van der Waals surface area contributed by atoms with Gasteiger partial charge in [0.15, 0.2) is 0 Å². The van der Waals surface area contributed by atoms with Crippen LogP contribution in [0.4, 0.5) is 5.82 Å². The molecule has 196 valence electrons. The zero-order valence-corrected chi connectivity index (χ0v) is 22.3. The lowest BCUT2D eigenvalue weighted by Gasteiger charge is -2.38. The van der Waals surface area contributed by atoms with Crippen molar-refractivity contribution in [3.05, 3.63) is 53.0 Å². The van der Waals surface area contributed by atoms with Crippen molar-refractivity contribution in [1.82, 2.24) is 20.2 Å². The minimum atomic E-state index is -0.0215. The fraction of sp³-hybridized carbons (Fsp3) is 0.607. The van der Waals surface area contributed by atoms with E-state index in [-0.39, 0.29) is 17.4 Å². The van der Waals surface area contributed by atoms with E-state index in [1.165, 1.54) is 17.5 Å². The Bertz CT molecular complexity index is 1010. The monoisotopic (exact) mass is 495 g/mol. The van der Waals surface area contributed by atoms with Gasteiger partial charge in [-0.3, -0.25) is 4.79 Å². The number of ether oxygens (including phenoxy) is 2. The normalized spacial score (nSPS) is 21.4. The topological polar surface area (TPSA) is 88.6 Å². The van der Waals surface area contributed by atoms with E-state index in [1.54, 1.807) is 7.11 Å². The number of carbonyl (C=O) groups excluding carboxylic acids is 1. The van der Waals surface area contributed by atoms with Gasteiger partial charge >= 0.3 is 0 Å². The molecule has 1 aromatic heterocycles.